The Morgan fingerprint density at radius 2 is 1.87 bits per heavy atom. The van der Waals surface area contributed by atoms with E-state index in [2.05, 4.69) is 10.3 Å². The zero-order chi connectivity index (χ0) is 12.0. The van der Waals surface area contributed by atoms with Gasteiger partial charge in [-0.3, -0.25) is 0 Å². The van der Waals surface area contributed by atoms with Crippen molar-refractivity contribution in [3.05, 3.63) is 0 Å². The van der Waals surface area contributed by atoms with Gasteiger partial charge in [0.1, 0.15) is 0 Å². The zero-order valence-corrected chi connectivity index (χ0v) is 8.51. The SMILES string of the molecule is CCC(C)NOC(=O)[C@@H](O)[C@H](O)C(=O)O. The first kappa shape index (κ1) is 13.8. The number of aliphatic hydroxyl groups excluding tert-OH is 2. The Morgan fingerprint density at radius 3 is 2.27 bits per heavy atom. The van der Waals surface area contributed by atoms with Crippen molar-refractivity contribution in [1.82, 2.24) is 5.48 Å². The molecule has 0 radical (unpaired) electrons. The number of hydroxylamine groups is 1. The number of nitrogens with one attached hydrogen (secondary N) is 1. The molecule has 0 amide bonds. The third kappa shape index (κ3) is 4.73. The number of aliphatic carboxylic acids is 1. The fraction of sp³-hybridized carbons (Fsp3) is 0.750. The Labute approximate surface area is 86.6 Å². The van der Waals surface area contributed by atoms with Crippen molar-refractivity contribution in [2.75, 3.05) is 0 Å². The van der Waals surface area contributed by atoms with Gasteiger partial charge in [-0.25, -0.2) is 9.59 Å². The molecular formula is C8H15NO6. The van der Waals surface area contributed by atoms with Crippen LogP contribution in [-0.2, 0) is 14.4 Å². The first-order valence-corrected chi connectivity index (χ1v) is 4.45. The monoisotopic (exact) mass is 221 g/mol. The summed E-state index contributed by atoms with van der Waals surface area (Å²) in [5.41, 5.74) is 2.29. The topological polar surface area (TPSA) is 116 Å². The summed E-state index contributed by atoms with van der Waals surface area (Å²) in [6.45, 7) is 3.57. The number of rotatable bonds is 6. The van der Waals surface area contributed by atoms with Crippen LogP contribution >= 0.6 is 0 Å². The lowest BCUT2D eigenvalue weighted by molar-refractivity contribution is -0.176. The normalized spacial score (nSPS) is 16.5. The molecule has 0 spiro atoms. The summed E-state index contributed by atoms with van der Waals surface area (Å²) in [6.07, 6.45) is -3.60. The second kappa shape index (κ2) is 6.33. The zero-order valence-electron chi connectivity index (χ0n) is 8.51. The molecule has 0 aliphatic carbocycles. The third-order valence-electron chi connectivity index (χ3n) is 1.77. The highest BCUT2D eigenvalue weighted by Crippen LogP contribution is 1.97. The van der Waals surface area contributed by atoms with Crippen molar-refractivity contribution in [2.24, 2.45) is 0 Å². The molecule has 0 saturated carbocycles. The van der Waals surface area contributed by atoms with Crippen molar-refractivity contribution in [2.45, 2.75) is 38.5 Å². The van der Waals surface area contributed by atoms with E-state index in [1.54, 1.807) is 6.92 Å². The molecule has 7 heteroatoms. The number of hydrogen-bond donors (Lipinski definition) is 4. The molecule has 3 atom stereocenters. The van der Waals surface area contributed by atoms with Crippen LogP contribution in [0, 0.1) is 0 Å². The predicted molar refractivity (Wildman–Crippen MR) is 48.6 cm³/mol. The molecule has 0 rings (SSSR count). The number of carboxylic acids is 1. The molecule has 0 saturated heterocycles. The summed E-state index contributed by atoms with van der Waals surface area (Å²) in [7, 11) is 0. The highest BCUT2D eigenvalue weighted by Gasteiger charge is 2.31. The number of aliphatic hydroxyl groups is 2. The molecule has 4 N–H and O–H groups in total. The Kier molecular flexibility index (Phi) is 5.83. The molecule has 0 aromatic heterocycles. The minimum Gasteiger partial charge on any atom is -0.479 e. The van der Waals surface area contributed by atoms with E-state index in [-0.39, 0.29) is 6.04 Å². The van der Waals surface area contributed by atoms with Crippen LogP contribution in [0.4, 0.5) is 0 Å². The van der Waals surface area contributed by atoms with Crippen molar-refractivity contribution in [1.29, 1.82) is 0 Å². The van der Waals surface area contributed by atoms with Crippen LogP contribution in [0.3, 0.4) is 0 Å². The van der Waals surface area contributed by atoms with Crippen LogP contribution in [0.25, 0.3) is 0 Å². The summed E-state index contributed by atoms with van der Waals surface area (Å²) in [4.78, 5) is 25.5. The average Bonchev–Trinajstić information content (AvgIpc) is 2.22. The lowest BCUT2D eigenvalue weighted by Crippen LogP contribution is -2.43. The smallest absolute Gasteiger partial charge is 0.357 e. The lowest BCUT2D eigenvalue weighted by atomic mass is 10.2. The molecule has 0 heterocycles. The maximum absolute atomic E-state index is 11.0. The van der Waals surface area contributed by atoms with Gasteiger partial charge in [-0.2, -0.15) is 5.48 Å². The Bertz CT molecular complexity index is 231. The van der Waals surface area contributed by atoms with E-state index in [1.807, 2.05) is 6.92 Å². The highest BCUT2D eigenvalue weighted by molar-refractivity contribution is 5.84. The van der Waals surface area contributed by atoms with Crippen molar-refractivity contribution >= 4 is 11.9 Å². The van der Waals surface area contributed by atoms with Crippen LogP contribution in [0.15, 0.2) is 0 Å². The van der Waals surface area contributed by atoms with Gasteiger partial charge >= 0.3 is 11.9 Å². The molecule has 0 aromatic rings. The minimum atomic E-state index is -2.18. The largest absolute Gasteiger partial charge is 0.479 e. The predicted octanol–water partition coefficient (Wildman–Crippen LogP) is -1.36. The number of carboxylic acid groups (broad SMARTS) is 1. The van der Waals surface area contributed by atoms with E-state index < -0.39 is 24.1 Å². The molecule has 15 heavy (non-hydrogen) atoms. The summed E-state index contributed by atoms with van der Waals surface area (Å²) >= 11 is 0. The molecule has 7 nitrogen and oxygen atoms in total. The summed E-state index contributed by atoms with van der Waals surface area (Å²) in [5, 5.41) is 26.1. The van der Waals surface area contributed by atoms with Crippen molar-refractivity contribution in [3.8, 4) is 0 Å². The van der Waals surface area contributed by atoms with Gasteiger partial charge in [0.2, 0.25) is 0 Å². The maximum Gasteiger partial charge on any atom is 0.357 e. The number of carbonyl (C=O) groups is 2. The maximum atomic E-state index is 11.0. The lowest BCUT2D eigenvalue weighted by Gasteiger charge is -2.15. The van der Waals surface area contributed by atoms with Crippen LogP contribution in [0.5, 0.6) is 0 Å². The van der Waals surface area contributed by atoms with Gasteiger partial charge in [0.05, 0.1) is 0 Å². The molecule has 0 aliphatic heterocycles. The molecule has 1 unspecified atom stereocenters. The fourth-order valence-electron chi connectivity index (χ4n) is 0.566. The average molecular weight is 221 g/mol. The first-order valence-electron chi connectivity index (χ1n) is 4.45. The van der Waals surface area contributed by atoms with E-state index in [9.17, 15) is 9.59 Å². The summed E-state index contributed by atoms with van der Waals surface area (Å²) in [5.74, 6) is -2.92. The van der Waals surface area contributed by atoms with Gasteiger partial charge < -0.3 is 20.2 Å². The van der Waals surface area contributed by atoms with Gasteiger partial charge in [-0.15, -0.1) is 0 Å². The Balaban J connectivity index is 4.05. The molecule has 0 aromatic carbocycles. The number of carbonyl (C=O) groups excluding carboxylic acids is 1. The first-order chi connectivity index (χ1) is 6.90. The van der Waals surface area contributed by atoms with Gasteiger partial charge in [-0.1, -0.05) is 6.92 Å². The molecule has 0 fully saturated rings. The highest BCUT2D eigenvalue weighted by atomic mass is 16.7. The van der Waals surface area contributed by atoms with Crippen molar-refractivity contribution in [3.63, 3.8) is 0 Å². The summed E-state index contributed by atoms with van der Waals surface area (Å²) in [6, 6.07) is -0.122. The van der Waals surface area contributed by atoms with Gasteiger partial charge in [0.25, 0.3) is 0 Å². The van der Waals surface area contributed by atoms with Gasteiger partial charge in [0, 0.05) is 6.04 Å². The summed E-state index contributed by atoms with van der Waals surface area (Å²) < 4.78 is 0. The van der Waals surface area contributed by atoms with Crippen LogP contribution in [0.1, 0.15) is 20.3 Å². The second-order valence-electron chi connectivity index (χ2n) is 3.08. The third-order valence-corrected chi connectivity index (χ3v) is 1.77. The Hall–Kier alpha value is -1.18. The molecule has 88 valence electrons. The van der Waals surface area contributed by atoms with Gasteiger partial charge in [-0.05, 0) is 13.3 Å². The van der Waals surface area contributed by atoms with E-state index >= 15 is 0 Å². The van der Waals surface area contributed by atoms with E-state index in [0.29, 0.717) is 6.42 Å². The van der Waals surface area contributed by atoms with Crippen molar-refractivity contribution < 1.29 is 29.7 Å². The van der Waals surface area contributed by atoms with E-state index in [0.717, 1.165) is 0 Å². The molecular weight excluding hydrogens is 206 g/mol. The molecule has 0 bridgehead atoms. The Morgan fingerprint density at radius 1 is 1.33 bits per heavy atom. The standard InChI is InChI=1S/C8H15NO6/c1-3-4(2)9-15-8(14)6(11)5(10)7(12)13/h4-6,9-11H,3H2,1-2H3,(H,12,13)/t4?,5-,6-/m0/s1. The van der Waals surface area contributed by atoms with E-state index in [4.69, 9.17) is 15.3 Å². The van der Waals surface area contributed by atoms with Gasteiger partial charge in [0.15, 0.2) is 12.2 Å². The van der Waals surface area contributed by atoms with Crippen LogP contribution < -0.4 is 5.48 Å². The molecule has 0 aliphatic rings. The van der Waals surface area contributed by atoms with E-state index in [1.165, 1.54) is 0 Å². The van der Waals surface area contributed by atoms with Crippen LogP contribution in [0.2, 0.25) is 0 Å². The quantitative estimate of drug-likeness (QED) is 0.409. The minimum absolute atomic E-state index is 0.122. The number of hydrogen-bond acceptors (Lipinski definition) is 6. The second-order valence-corrected chi connectivity index (χ2v) is 3.08. The fourth-order valence-corrected chi connectivity index (χ4v) is 0.566. The van der Waals surface area contributed by atoms with Crippen LogP contribution in [-0.4, -0.2) is 45.5 Å².